The molecule has 35 heavy (non-hydrogen) atoms. The van der Waals surface area contributed by atoms with E-state index in [-0.39, 0.29) is 17.5 Å². The summed E-state index contributed by atoms with van der Waals surface area (Å²) in [6.45, 7) is 2.41. The number of aryl methyl sites for hydroxylation is 2. The zero-order valence-corrected chi connectivity index (χ0v) is 20.7. The van der Waals surface area contributed by atoms with Crippen molar-refractivity contribution in [2.75, 3.05) is 6.54 Å². The molecule has 6 nitrogen and oxygen atoms in total. The van der Waals surface area contributed by atoms with Crippen LogP contribution < -0.4 is 10.9 Å². The quantitative estimate of drug-likeness (QED) is 0.345. The second-order valence-electron chi connectivity index (χ2n) is 9.60. The van der Waals surface area contributed by atoms with Gasteiger partial charge in [-0.1, -0.05) is 59.6 Å². The molecule has 1 aliphatic carbocycles. The van der Waals surface area contributed by atoms with Gasteiger partial charge in [-0.05, 0) is 62.6 Å². The van der Waals surface area contributed by atoms with Crippen molar-refractivity contribution in [1.82, 2.24) is 15.0 Å². The fourth-order valence-electron chi connectivity index (χ4n) is 5.46. The van der Waals surface area contributed by atoms with E-state index >= 15 is 0 Å². The average Bonchev–Trinajstić information content (AvgIpc) is 3.25. The molecule has 1 aliphatic rings. The van der Waals surface area contributed by atoms with Crippen LogP contribution in [0.4, 0.5) is 0 Å². The van der Waals surface area contributed by atoms with E-state index in [2.05, 4.69) is 22.6 Å². The molecular formula is C28H30ClN3O3. The fraction of sp³-hybridized carbons (Fsp3) is 0.393. The Labute approximate surface area is 209 Å². The molecule has 1 N–H and O–H groups in total. The Kier molecular flexibility index (Phi) is 6.91. The number of amides is 1. The molecule has 1 saturated carbocycles. The van der Waals surface area contributed by atoms with Gasteiger partial charge in [-0.15, -0.1) is 0 Å². The molecular weight excluding hydrogens is 462 g/mol. The Balaban J connectivity index is 1.29. The van der Waals surface area contributed by atoms with Crippen LogP contribution in [-0.4, -0.2) is 22.2 Å². The Morgan fingerprint density at radius 2 is 1.97 bits per heavy atom. The number of rotatable bonds is 7. The molecule has 2 heterocycles. The molecule has 0 radical (unpaired) electrons. The lowest BCUT2D eigenvalue weighted by Crippen LogP contribution is -2.34. The predicted molar refractivity (Wildman–Crippen MR) is 139 cm³/mol. The Hall–Kier alpha value is -3.12. The number of carbonyl (C=O) groups excluding carboxylic acids is 1. The highest BCUT2D eigenvalue weighted by Gasteiger charge is 2.28. The maximum Gasteiger partial charge on any atom is 0.264 e. The molecule has 0 spiro atoms. The number of nitrogens with one attached hydrogen (secondary N) is 1. The summed E-state index contributed by atoms with van der Waals surface area (Å²) in [5.74, 6) is 0.932. The first-order chi connectivity index (χ1) is 17.0. The van der Waals surface area contributed by atoms with E-state index < -0.39 is 0 Å². The molecule has 0 unspecified atom stereocenters. The normalized spacial score (nSPS) is 18.2. The van der Waals surface area contributed by atoms with Gasteiger partial charge in [0.05, 0.1) is 10.5 Å². The lowest BCUT2D eigenvalue weighted by Gasteiger charge is -2.31. The first-order valence-corrected chi connectivity index (χ1v) is 12.8. The molecule has 0 saturated heterocycles. The Morgan fingerprint density at radius 1 is 1.14 bits per heavy atom. The third-order valence-corrected chi connectivity index (χ3v) is 7.52. The number of pyridine rings is 1. The number of hydrogen-bond donors (Lipinski definition) is 1. The second kappa shape index (κ2) is 10.2. The molecule has 2 aromatic heterocycles. The van der Waals surface area contributed by atoms with Gasteiger partial charge in [0.25, 0.3) is 5.56 Å². The second-order valence-corrected chi connectivity index (χ2v) is 10.0. The third kappa shape index (κ3) is 4.85. The van der Waals surface area contributed by atoms with Crippen molar-refractivity contribution in [2.45, 2.75) is 57.9 Å². The van der Waals surface area contributed by atoms with Crippen molar-refractivity contribution in [3.05, 3.63) is 75.2 Å². The lowest BCUT2D eigenvalue weighted by molar-refractivity contribution is -0.121. The molecule has 1 amide bonds. The van der Waals surface area contributed by atoms with Crippen LogP contribution in [0.2, 0.25) is 5.02 Å². The summed E-state index contributed by atoms with van der Waals surface area (Å²) in [7, 11) is 0. The zero-order valence-electron chi connectivity index (χ0n) is 19.9. The van der Waals surface area contributed by atoms with Gasteiger partial charge in [0.1, 0.15) is 16.7 Å². The van der Waals surface area contributed by atoms with E-state index in [1.54, 1.807) is 6.92 Å². The maximum atomic E-state index is 13.6. The summed E-state index contributed by atoms with van der Waals surface area (Å²) in [4.78, 5) is 26.0. The van der Waals surface area contributed by atoms with Crippen LogP contribution in [0.25, 0.3) is 21.8 Å². The van der Waals surface area contributed by atoms with Crippen LogP contribution >= 0.6 is 11.6 Å². The van der Waals surface area contributed by atoms with E-state index in [9.17, 15) is 9.59 Å². The van der Waals surface area contributed by atoms with Crippen LogP contribution in [-0.2, 0) is 11.2 Å². The molecule has 4 aromatic rings. The molecule has 1 fully saturated rings. The van der Waals surface area contributed by atoms with Crippen LogP contribution in [0.1, 0.15) is 55.9 Å². The van der Waals surface area contributed by atoms with Crippen LogP contribution in [0.3, 0.4) is 0 Å². The maximum absolute atomic E-state index is 13.6. The van der Waals surface area contributed by atoms with Crippen LogP contribution in [0.15, 0.2) is 57.8 Å². The summed E-state index contributed by atoms with van der Waals surface area (Å²) in [6, 6.07) is 15.9. The van der Waals surface area contributed by atoms with Gasteiger partial charge < -0.3 is 14.4 Å². The van der Waals surface area contributed by atoms with Gasteiger partial charge in [0.2, 0.25) is 5.91 Å². The minimum Gasteiger partial charge on any atom is -0.360 e. The summed E-state index contributed by atoms with van der Waals surface area (Å²) in [5.41, 5.74) is 2.50. The van der Waals surface area contributed by atoms with E-state index in [0.29, 0.717) is 40.6 Å². The van der Waals surface area contributed by atoms with E-state index in [0.717, 1.165) is 49.4 Å². The minimum absolute atomic E-state index is 0.0379. The van der Waals surface area contributed by atoms with Crippen molar-refractivity contribution < 1.29 is 9.32 Å². The number of carbonyl (C=O) groups is 1. The SMILES string of the molecule is Cc1onc2c1c(=O)n([C@@H]1CCC[C@H](CNC(=O)CCCc3ccccc3)C1)c1cccc(Cl)c21. The minimum atomic E-state index is -0.0795. The zero-order chi connectivity index (χ0) is 24.4. The van der Waals surface area contributed by atoms with Crippen LogP contribution in [0.5, 0.6) is 0 Å². The number of nitrogens with zero attached hydrogens (tertiary/aromatic N) is 2. The highest BCUT2D eigenvalue weighted by molar-refractivity contribution is 6.37. The van der Waals surface area contributed by atoms with Gasteiger partial charge in [-0.25, -0.2) is 0 Å². The summed E-state index contributed by atoms with van der Waals surface area (Å²) in [5, 5.41) is 9.09. The van der Waals surface area contributed by atoms with Crippen LogP contribution in [0, 0.1) is 12.8 Å². The van der Waals surface area contributed by atoms with Gasteiger partial charge in [0.15, 0.2) is 0 Å². The van der Waals surface area contributed by atoms with Crippen molar-refractivity contribution in [3.8, 4) is 0 Å². The van der Waals surface area contributed by atoms with Crippen molar-refractivity contribution in [1.29, 1.82) is 0 Å². The first-order valence-electron chi connectivity index (χ1n) is 12.4. The summed E-state index contributed by atoms with van der Waals surface area (Å²) >= 11 is 6.56. The Bertz CT molecular complexity index is 1410. The smallest absolute Gasteiger partial charge is 0.264 e. The van der Waals surface area contributed by atoms with Gasteiger partial charge in [-0.3, -0.25) is 9.59 Å². The first kappa shape index (κ1) is 23.6. The molecule has 5 rings (SSSR count). The summed E-state index contributed by atoms with van der Waals surface area (Å²) in [6.07, 6.45) is 6.07. The lowest BCUT2D eigenvalue weighted by atomic mass is 9.85. The van der Waals surface area contributed by atoms with E-state index in [4.69, 9.17) is 16.1 Å². The molecule has 182 valence electrons. The molecule has 0 bridgehead atoms. The van der Waals surface area contributed by atoms with Gasteiger partial charge in [0, 0.05) is 24.4 Å². The standard InChI is InChI=1S/C28H30ClN3O3/c1-18-25-27(31-35-18)26-22(29)13-7-14-23(26)32(28(25)34)21-12-5-11-20(16-21)17-30-24(33)15-6-10-19-8-3-2-4-9-19/h2-4,7-9,13-14,20-21H,5-6,10-12,15-17H2,1H3,(H,30,33)/t20-,21+/m0/s1. The topological polar surface area (TPSA) is 77.1 Å². The monoisotopic (exact) mass is 491 g/mol. The van der Waals surface area contributed by atoms with Crippen molar-refractivity contribution in [3.63, 3.8) is 0 Å². The molecule has 2 aromatic carbocycles. The van der Waals surface area contributed by atoms with Gasteiger partial charge >= 0.3 is 0 Å². The molecule has 2 atom stereocenters. The molecule has 7 heteroatoms. The van der Waals surface area contributed by atoms with Gasteiger partial charge in [-0.2, -0.15) is 0 Å². The third-order valence-electron chi connectivity index (χ3n) is 7.20. The predicted octanol–water partition coefficient (Wildman–Crippen LogP) is 5.97. The largest absolute Gasteiger partial charge is 0.360 e. The van der Waals surface area contributed by atoms with Crippen molar-refractivity contribution in [2.24, 2.45) is 5.92 Å². The average molecular weight is 492 g/mol. The highest BCUT2D eigenvalue weighted by atomic mass is 35.5. The number of aromatic nitrogens is 2. The number of benzene rings is 2. The molecule has 0 aliphatic heterocycles. The number of hydrogen-bond acceptors (Lipinski definition) is 4. The highest BCUT2D eigenvalue weighted by Crippen LogP contribution is 2.36. The Morgan fingerprint density at radius 3 is 2.80 bits per heavy atom. The fourth-order valence-corrected chi connectivity index (χ4v) is 5.72. The van der Waals surface area contributed by atoms with E-state index in [1.807, 2.05) is 41.0 Å². The number of halogens is 1. The summed E-state index contributed by atoms with van der Waals surface area (Å²) < 4.78 is 7.27. The number of fused-ring (bicyclic) bond motifs is 3. The van der Waals surface area contributed by atoms with Crippen molar-refractivity contribution >= 4 is 39.3 Å². The van der Waals surface area contributed by atoms with E-state index in [1.165, 1.54) is 5.56 Å².